The zero-order valence-corrected chi connectivity index (χ0v) is 12.9. The maximum atomic E-state index is 5.71. The van der Waals surface area contributed by atoms with Crippen LogP contribution in [-0.4, -0.2) is 13.9 Å². The molecule has 106 valence electrons. The fourth-order valence-electron chi connectivity index (χ4n) is 2.69. The van der Waals surface area contributed by atoms with Gasteiger partial charge in [0.1, 0.15) is 5.75 Å². The van der Waals surface area contributed by atoms with E-state index in [9.17, 15) is 0 Å². The van der Waals surface area contributed by atoms with Gasteiger partial charge in [0.2, 0.25) is 0 Å². The maximum absolute atomic E-state index is 5.71. The first-order chi connectivity index (χ1) is 9.52. The van der Waals surface area contributed by atoms with Crippen LogP contribution in [0, 0.1) is 27.7 Å². The number of hydrogen-bond acceptors (Lipinski definition) is 2. The molecule has 2 rings (SSSR count). The van der Waals surface area contributed by atoms with Crippen LogP contribution in [0.1, 0.15) is 22.3 Å². The molecule has 0 amide bonds. The van der Waals surface area contributed by atoms with Crippen LogP contribution in [0.15, 0.2) is 30.3 Å². The molecule has 0 aliphatic rings. The lowest BCUT2D eigenvalue weighted by molar-refractivity contribution is 0.0515. The second-order valence-electron chi connectivity index (χ2n) is 5.32. The Morgan fingerprint density at radius 3 is 2.10 bits per heavy atom. The van der Waals surface area contributed by atoms with Crippen LogP contribution in [0.5, 0.6) is 5.75 Å². The van der Waals surface area contributed by atoms with E-state index in [1.54, 1.807) is 7.11 Å². The number of aryl methyl sites for hydroxylation is 4. The molecule has 20 heavy (non-hydrogen) atoms. The second kappa shape index (κ2) is 6.10. The Bertz CT molecular complexity index is 592. The van der Waals surface area contributed by atoms with E-state index in [4.69, 9.17) is 9.47 Å². The predicted molar refractivity (Wildman–Crippen MR) is 83.3 cm³/mol. The quantitative estimate of drug-likeness (QED) is 0.758. The summed E-state index contributed by atoms with van der Waals surface area (Å²) in [5.41, 5.74) is 7.45. The fourth-order valence-corrected chi connectivity index (χ4v) is 2.69. The molecule has 2 aromatic carbocycles. The van der Waals surface area contributed by atoms with Crippen molar-refractivity contribution in [3.63, 3.8) is 0 Å². The Kier molecular flexibility index (Phi) is 4.46. The summed E-state index contributed by atoms with van der Waals surface area (Å²) in [5.74, 6) is 0.868. The van der Waals surface area contributed by atoms with Crippen molar-refractivity contribution in [2.45, 2.75) is 27.7 Å². The summed E-state index contributed by atoms with van der Waals surface area (Å²) in [7, 11) is 1.64. The van der Waals surface area contributed by atoms with Gasteiger partial charge in [-0.1, -0.05) is 29.3 Å². The lowest BCUT2D eigenvalue weighted by atomic mass is 9.92. The number of methoxy groups -OCH3 is 1. The molecule has 0 atom stereocenters. The van der Waals surface area contributed by atoms with E-state index < -0.39 is 0 Å². The van der Waals surface area contributed by atoms with Gasteiger partial charge in [-0.25, -0.2) is 0 Å². The van der Waals surface area contributed by atoms with Crippen molar-refractivity contribution in [1.29, 1.82) is 0 Å². The molecule has 0 saturated carbocycles. The zero-order valence-electron chi connectivity index (χ0n) is 12.9. The molecule has 2 aromatic rings. The SMILES string of the molecule is COCOc1ccc(C)cc1-c1c(C)cc(C)cc1C. The summed E-state index contributed by atoms with van der Waals surface area (Å²) in [6.45, 7) is 8.79. The van der Waals surface area contributed by atoms with E-state index in [2.05, 4.69) is 52.0 Å². The second-order valence-corrected chi connectivity index (χ2v) is 5.32. The minimum atomic E-state index is 0.264. The minimum Gasteiger partial charge on any atom is -0.467 e. The highest BCUT2D eigenvalue weighted by molar-refractivity contribution is 5.77. The molecular weight excluding hydrogens is 248 g/mol. The van der Waals surface area contributed by atoms with E-state index in [1.165, 1.54) is 27.8 Å². The summed E-state index contributed by atoms with van der Waals surface area (Å²) in [6, 6.07) is 10.7. The molecule has 0 heterocycles. The van der Waals surface area contributed by atoms with Crippen molar-refractivity contribution >= 4 is 0 Å². The van der Waals surface area contributed by atoms with Gasteiger partial charge in [-0.3, -0.25) is 0 Å². The van der Waals surface area contributed by atoms with Crippen molar-refractivity contribution in [2.24, 2.45) is 0 Å². The Balaban J connectivity index is 2.59. The van der Waals surface area contributed by atoms with E-state index in [1.807, 2.05) is 6.07 Å². The third kappa shape index (κ3) is 3.02. The average Bonchev–Trinajstić information content (AvgIpc) is 2.36. The summed E-state index contributed by atoms with van der Waals surface area (Å²) in [4.78, 5) is 0. The average molecular weight is 270 g/mol. The Morgan fingerprint density at radius 2 is 1.50 bits per heavy atom. The van der Waals surface area contributed by atoms with Crippen LogP contribution in [0.3, 0.4) is 0 Å². The lowest BCUT2D eigenvalue weighted by Crippen LogP contribution is -2.01. The molecule has 0 unspecified atom stereocenters. The van der Waals surface area contributed by atoms with Crippen LogP contribution in [0.4, 0.5) is 0 Å². The third-order valence-electron chi connectivity index (χ3n) is 3.41. The molecule has 0 aliphatic carbocycles. The molecule has 2 nitrogen and oxygen atoms in total. The van der Waals surface area contributed by atoms with Gasteiger partial charge in [0.25, 0.3) is 0 Å². The number of hydrogen-bond donors (Lipinski definition) is 0. The summed E-state index contributed by atoms with van der Waals surface area (Å²) in [5, 5.41) is 0. The van der Waals surface area contributed by atoms with Crippen LogP contribution >= 0.6 is 0 Å². The van der Waals surface area contributed by atoms with Crippen molar-refractivity contribution in [2.75, 3.05) is 13.9 Å². The molecule has 0 N–H and O–H groups in total. The van der Waals surface area contributed by atoms with E-state index in [0.717, 1.165) is 11.3 Å². The molecule has 0 fully saturated rings. The van der Waals surface area contributed by atoms with Crippen molar-refractivity contribution in [3.05, 3.63) is 52.6 Å². The topological polar surface area (TPSA) is 18.5 Å². The third-order valence-corrected chi connectivity index (χ3v) is 3.41. The van der Waals surface area contributed by atoms with E-state index in [0.29, 0.717) is 0 Å². The predicted octanol–water partition coefficient (Wildman–Crippen LogP) is 4.57. The Labute approximate surface area is 121 Å². The lowest BCUT2D eigenvalue weighted by Gasteiger charge is -2.16. The first-order valence-corrected chi connectivity index (χ1v) is 6.83. The van der Waals surface area contributed by atoms with Crippen molar-refractivity contribution in [3.8, 4) is 16.9 Å². The molecule has 2 heteroatoms. The highest BCUT2D eigenvalue weighted by Gasteiger charge is 2.12. The Morgan fingerprint density at radius 1 is 0.850 bits per heavy atom. The van der Waals surface area contributed by atoms with Crippen LogP contribution < -0.4 is 4.74 Å². The molecule has 0 bridgehead atoms. The van der Waals surface area contributed by atoms with Gasteiger partial charge in [-0.15, -0.1) is 0 Å². The Hall–Kier alpha value is -1.80. The number of rotatable bonds is 4. The van der Waals surface area contributed by atoms with Crippen molar-refractivity contribution in [1.82, 2.24) is 0 Å². The minimum absolute atomic E-state index is 0.264. The normalized spacial score (nSPS) is 10.7. The summed E-state index contributed by atoms with van der Waals surface area (Å²) >= 11 is 0. The van der Waals surface area contributed by atoms with Gasteiger partial charge in [0, 0.05) is 12.7 Å². The largest absolute Gasteiger partial charge is 0.467 e. The van der Waals surface area contributed by atoms with Gasteiger partial charge in [-0.2, -0.15) is 0 Å². The van der Waals surface area contributed by atoms with Crippen molar-refractivity contribution < 1.29 is 9.47 Å². The van der Waals surface area contributed by atoms with Crippen LogP contribution in [-0.2, 0) is 4.74 Å². The van der Waals surface area contributed by atoms with Gasteiger partial charge in [0.05, 0.1) is 0 Å². The van der Waals surface area contributed by atoms with Gasteiger partial charge < -0.3 is 9.47 Å². The van der Waals surface area contributed by atoms with Crippen LogP contribution in [0.25, 0.3) is 11.1 Å². The molecule has 0 aromatic heterocycles. The highest BCUT2D eigenvalue weighted by Crippen LogP contribution is 2.36. The standard InChI is InChI=1S/C18H22O2/c1-12-6-7-17(20-11-19-5)16(10-12)18-14(3)8-13(2)9-15(18)4/h6-10H,11H2,1-5H3. The first kappa shape index (κ1) is 14.6. The van der Waals surface area contributed by atoms with Gasteiger partial charge in [0.15, 0.2) is 6.79 Å². The summed E-state index contributed by atoms with van der Waals surface area (Å²) < 4.78 is 10.7. The molecule has 0 radical (unpaired) electrons. The number of benzene rings is 2. The monoisotopic (exact) mass is 270 g/mol. The van der Waals surface area contributed by atoms with E-state index in [-0.39, 0.29) is 6.79 Å². The van der Waals surface area contributed by atoms with Gasteiger partial charge in [-0.05, 0) is 56.5 Å². The van der Waals surface area contributed by atoms with Crippen LogP contribution in [0.2, 0.25) is 0 Å². The van der Waals surface area contributed by atoms with E-state index >= 15 is 0 Å². The zero-order chi connectivity index (χ0) is 14.7. The highest BCUT2D eigenvalue weighted by atomic mass is 16.7. The molecule has 0 aliphatic heterocycles. The molecule has 0 spiro atoms. The first-order valence-electron chi connectivity index (χ1n) is 6.83. The molecular formula is C18H22O2. The smallest absolute Gasteiger partial charge is 0.188 e. The summed E-state index contributed by atoms with van der Waals surface area (Å²) in [6.07, 6.45) is 0. The maximum Gasteiger partial charge on any atom is 0.188 e. The fraction of sp³-hybridized carbons (Fsp3) is 0.333. The molecule has 0 saturated heterocycles. The number of ether oxygens (including phenoxy) is 2. The van der Waals surface area contributed by atoms with Gasteiger partial charge >= 0.3 is 0 Å².